The third-order valence-electron chi connectivity index (χ3n) is 2.49. The topological polar surface area (TPSA) is 75.3 Å². The lowest BCUT2D eigenvalue weighted by Crippen LogP contribution is -2.46. The number of Topliss-reactive ketones (excluding diaryl/α,β-unsaturated/α-hetero) is 1. The van der Waals surface area contributed by atoms with Gasteiger partial charge in [0.25, 0.3) is 0 Å². The van der Waals surface area contributed by atoms with Gasteiger partial charge in [-0.15, -0.1) is 0 Å². The van der Waals surface area contributed by atoms with Gasteiger partial charge < -0.3 is 10.6 Å². The summed E-state index contributed by atoms with van der Waals surface area (Å²) in [5, 5.41) is 5.21. The van der Waals surface area contributed by atoms with Crippen molar-refractivity contribution < 1.29 is 14.4 Å². The summed E-state index contributed by atoms with van der Waals surface area (Å²) in [4.78, 5) is 34.2. The maximum atomic E-state index is 11.8. The Balaban J connectivity index is 4.21. The number of carbonyl (C=O) groups is 3. The predicted molar refractivity (Wildman–Crippen MR) is 65.3 cm³/mol. The number of rotatable bonds is 6. The van der Waals surface area contributed by atoms with Crippen LogP contribution in [0.5, 0.6) is 0 Å². The first-order valence-corrected chi connectivity index (χ1v) is 5.76. The second kappa shape index (κ2) is 6.37. The Hall–Kier alpha value is -1.39. The zero-order valence-corrected chi connectivity index (χ0v) is 11.2. The second-order valence-corrected chi connectivity index (χ2v) is 4.88. The SMILES string of the molecule is CC(=O)NCCNC(=O)C(C)(C)C(=O)C(C)C. The van der Waals surface area contributed by atoms with Crippen LogP contribution in [-0.2, 0) is 14.4 Å². The van der Waals surface area contributed by atoms with Crippen molar-refractivity contribution in [2.75, 3.05) is 13.1 Å². The van der Waals surface area contributed by atoms with Crippen molar-refractivity contribution >= 4 is 17.6 Å². The molecule has 0 spiro atoms. The normalized spacial score (nSPS) is 11.2. The first-order chi connectivity index (χ1) is 7.69. The number of hydrogen-bond donors (Lipinski definition) is 2. The molecule has 5 heteroatoms. The molecule has 0 aliphatic heterocycles. The molecular formula is C12H22N2O3. The highest BCUT2D eigenvalue weighted by atomic mass is 16.2. The van der Waals surface area contributed by atoms with Crippen molar-refractivity contribution in [3.63, 3.8) is 0 Å². The molecule has 0 bridgehead atoms. The Kier molecular flexibility index (Phi) is 5.85. The zero-order valence-electron chi connectivity index (χ0n) is 11.2. The molecule has 0 heterocycles. The standard InChI is InChI=1S/C12H22N2O3/c1-8(2)10(16)12(4,5)11(17)14-7-6-13-9(3)15/h8H,6-7H2,1-5H3,(H,13,15)(H,14,17). The van der Waals surface area contributed by atoms with E-state index in [1.165, 1.54) is 6.92 Å². The van der Waals surface area contributed by atoms with Gasteiger partial charge >= 0.3 is 0 Å². The number of carbonyl (C=O) groups excluding carboxylic acids is 3. The highest BCUT2D eigenvalue weighted by molar-refractivity contribution is 6.05. The summed E-state index contributed by atoms with van der Waals surface area (Å²) in [6.45, 7) is 8.88. The summed E-state index contributed by atoms with van der Waals surface area (Å²) in [5.41, 5.74) is -1.02. The molecule has 2 N–H and O–H groups in total. The largest absolute Gasteiger partial charge is 0.355 e. The van der Waals surface area contributed by atoms with Crippen LogP contribution in [0.3, 0.4) is 0 Å². The lowest BCUT2D eigenvalue weighted by Gasteiger charge is -2.24. The minimum absolute atomic E-state index is 0.0884. The van der Waals surface area contributed by atoms with Crippen LogP contribution in [0.25, 0.3) is 0 Å². The van der Waals surface area contributed by atoms with Crippen LogP contribution in [0.2, 0.25) is 0 Å². The molecule has 0 saturated heterocycles. The van der Waals surface area contributed by atoms with E-state index in [-0.39, 0.29) is 23.5 Å². The molecule has 17 heavy (non-hydrogen) atoms. The highest BCUT2D eigenvalue weighted by Gasteiger charge is 2.36. The molecule has 2 amide bonds. The molecule has 5 nitrogen and oxygen atoms in total. The Labute approximate surface area is 102 Å². The Morgan fingerprint density at radius 2 is 1.53 bits per heavy atom. The third-order valence-corrected chi connectivity index (χ3v) is 2.49. The van der Waals surface area contributed by atoms with E-state index in [4.69, 9.17) is 0 Å². The number of amides is 2. The predicted octanol–water partition coefficient (Wildman–Crippen LogP) is 0.490. The van der Waals surface area contributed by atoms with Crippen molar-refractivity contribution in [2.24, 2.45) is 11.3 Å². The first kappa shape index (κ1) is 15.6. The van der Waals surface area contributed by atoms with E-state index < -0.39 is 5.41 Å². The van der Waals surface area contributed by atoms with Crippen LogP contribution < -0.4 is 10.6 Å². The van der Waals surface area contributed by atoms with E-state index in [1.54, 1.807) is 27.7 Å². The molecule has 0 radical (unpaired) electrons. The Morgan fingerprint density at radius 3 is 1.94 bits per heavy atom. The van der Waals surface area contributed by atoms with Crippen LogP contribution in [0.1, 0.15) is 34.6 Å². The minimum Gasteiger partial charge on any atom is -0.355 e. The van der Waals surface area contributed by atoms with Gasteiger partial charge in [0.05, 0.1) is 0 Å². The lowest BCUT2D eigenvalue weighted by molar-refractivity contribution is -0.142. The van der Waals surface area contributed by atoms with Crippen LogP contribution in [0.4, 0.5) is 0 Å². The summed E-state index contributed by atoms with van der Waals surface area (Å²) in [6.07, 6.45) is 0. The van der Waals surface area contributed by atoms with Crippen LogP contribution in [0, 0.1) is 11.3 Å². The van der Waals surface area contributed by atoms with Gasteiger partial charge in [-0.1, -0.05) is 13.8 Å². The molecule has 0 atom stereocenters. The number of ketones is 1. The van der Waals surface area contributed by atoms with Crippen molar-refractivity contribution in [1.29, 1.82) is 0 Å². The molecule has 0 aliphatic rings. The molecule has 0 aromatic heterocycles. The molecule has 98 valence electrons. The van der Waals surface area contributed by atoms with Crippen molar-refractivity contribution in [2.45, 2.75) is 34.6 Å². The van der Waals surface area contributed by atoms with E-state index in [0.29, 0.717) is 13.1 Å². The van der Waals surface area contributed by atoms with Gasteiger partial charge in [0, 0.05) is 25.9 Å². The summed E-state index contributed by atoms with van der Waals surface area (Å²) in [7, 11) is 0. The van der Waals surface area contributed by atoms with E-state index in [0.717, 1.165) is 0 Å². The average Bonchev–Trinajstić information content (AvgIpc) is 2.22. The Morgan fingerprint density at radius 1 is 1.06 bits per heavy atom. The van der Waals surface area contributed by atoms with Crippen molar-refractivity contribution in [1.82, 2.24) is 10.6 Å². The van der Waals surface area contributed by atoms with E-state index in [9.17, 15) is 14.4 Å². The van der Waals surface area contributed by atoms with Crippen LogP contribution in [0.15, 0.2) is 0 Å². The summed E-state index contributed by atoms with van der Waals surface area (Å²) >= 11 is 0. The lowest BCUT2D eigenvalue weighted by atomic mass is 9.81. The van der Waals surface area contributed by atoms with E-state index >= 15 is 0 Å². The Bertz CT molecular complexity index is 309. The van der Waals surface area contributed by atoms with E-state index in [2.05, 4.69) is 10.6 Å². The fraction of sp³-hybridized carbons (Fsp3) is 0.750. The van der Waals surface area contributed by atoms with Gasteiger partial charge in [-0.25, -0.2) is 0 Å². The summed E-state index contributed by atoms with van der Waals surface area (Å²) in [6, 6.07) is 0. The monoisotopic (exact) mass is 242 g/mol. The average molecular weight is 242 g/mol. The molecule has 0 saturated carbocycles. The van der Waals surface area contributed by atoms with Gasteiger partial charge in [0.2, 0.25) is 11.8 Å². The summed E-state index contributed by atoms with van der Waals surface area (Å²) < 4.78 is 0. The highest BCUT2D eigenvalue weighted by Crippen LogP contribution is 2.21. The van der Waals surface area contributed by atoms with Gasteiger partial charge in [-0.3, -0.25) is 14.4 Å². The van der Waals surface area contributed by atoms with Crippen LogP contribution >= 0.6 is 0 Å². The van der Waals surface area contributed by atoms with Crippen molar-refractivity contribution in [3.05, 3.63) is 0 Å². The van der Waals surface area contributed by atoms with Gasteiger partial charge in [0.1, 0.15) is 11.2 Å². The molecule has 0 fully saturated rings. The maximum Gasteiger partial charge on any atom is 0.233 e. The molecular weight excluding hydrogens is 220 g/mol. The quantitative estimate of drug-likeness (QED) is 0.526. The molecule has 0 unspecified atom stereocenters. The number of nitrogens with one attached hydrogen (secondary N) is 2. The maximum absolute atomic E-state index is 11.8. The van der Waals surface area contributed by atoms with Crippen LogP contribution in [-0.4, -0.2) is 30.7 Å². The molecule has 0 rings (SSSR count). The first-order valence-electron chi connectivity index (χ1n) is 5.76. The minimum atomic E-state index is -1.02. The second-order valence-electron chi connectivity index (χ2n) is 4.88. The smallest absolute Gasteiger partial charge is 0.233 e. The van der Waals surface area contributed by atoms with E-state index in [1.807, 2.05) is 0 Å². The van der Waals surface area contributed by atoms with Gasteiger partial charge in [0.15, 0.2) is 0 Å². The number of hydrogen-bond acceptors (Lipinski definition) is 3. The van der Waals surface area contributed by atoms with Gasteiger partial charge in [-0.2, -0.15) is 0 Å². The fourth-order valence-electron chi connectivity index (χ4n) is 1.47. The molecule has 0 aromatic rings. The van der Waals surface area contributed by atoms with Crippen molar-refractivity contribution in [3.8, 4) is 0 Å². The fourth-order valence-corrected chi connectivity index (χ4v) is 1.47. The summed E-state index contributed by atoms with van der Waals surface area (Å²) in [5.74, 6) is -0.709. The van der Waals surface area contributed by atoms with Gasteiger partial charge in [-0.05, 0) is 13.8 Å². The molecule has 0 aliphatic carbocycles. The third kappa shape index (κ3) is 4.97. The zero-order chi connectivity index (χ0) is 13.6. The molecule has 0 aromatic carbocycles.